The highest BCUT2D eigenvalue weighted by Gasteiger charge is 2.24. The molecule has 1 atom stereocenters. The third kappa shape index (κ3) is 2.94. The van der Waals surface area contributed by atoms with Crippen molar-refractivity contribution in [3.05, 3.63) is 10.7 Å². The highest BCUT2D eigenvalue weighted by Crippen LogP contribution is 2.31. The summed E-state index contributed by atoms with van der Waals surface area (Å²) in [6.45, 7) is 3.35. The maximum Gasteiger partial charge on any atom is 0.224 e. The quantitative estimate of drug-likeness (QED) is 0.924. The van der Waals surface area contributed by atoms with Crippen LogP contribution < -0.4 is 10.2 Å². The van der Waals surface area contributed by atoms with Crippen molar-refractivity contribution < 1.29 is 0 Å². The fourth-order valence-corrected chi connectivity index (χ4v) is 3.01. The average molecular weight is 313 g/mol. The Morgan fingerprint density at radius 3 is 3.06 bits per heavy atom. The van der Waals surface area contributed by atoms with Crippen LogP contribution in [0.25, 0.3) is 0 Å². The zero-order chi connectivity index (χ0) is 13.0. The smallest absolute Gasteiger partial charge is 0.224 e. The molecule has 18 heavy (non-hydrogen) atoms. The molecule has 0 aromatic carbocycles. The molecule has 0 radical (unpaired) electrons. The number of piperidine rings is 1. The number of aromatic nitrogens is 2. The van der Waals surface area contributed by atoms with E-state index in [4.69, 9.17) is 0 Å². The summed E-state index contributed by atoms with van der Waals surface area (Å²) in [5.41, 5.74) is 0. The van der Waals surface area contributed by atoms with Gasteiger partial charge in [-0.1, -0.05) is 13.3 Å². The molecule has 1 unspecified atom stereocenters. The lowest BCUT2D eigenvalue weighted by atomic mass is 9.98. The lowest BCUT2D eigenvalue weighted by Gasteiger charge is -2.37. The zero-order valence-electron chi connectivity index (χ0n) is 11.1. The summed E-state index contributed by atoms with van der Waals surface area (Å²) in [4.78, 5) is 11.3. The highest BCUT2D eigenvalue weighted by molar-refractivity contribution is 9.10. The van der Waals surface area contributed by atoms with Crippen LogP contribution in [-0.4, -0.2) is 29.6 Å². The number of halogens is 1. The van der Waals surface area contributed by atoms with Crippen molar-refractivity contribution in [3.63, 3.8) is 0 Å². The van der Waals surface area contributed by atoms with Crippen LogP contribution in [-0.2, 0) is 0 Å². The predicted molar refractivity (Wildman–Crippen MR) is 79.2 cm³/mol. The van der Waals surface area contributed by atoms with Crippen molar-refractivity contribution in [1.29, 1.82) is 0 Å². The van der Waals surface area contributed by atoms with E-state index in [9.17, 15) is 0 Å². The van der Waals surface area contributed by atoms with Gasteiger partial charge in [0.05, 0.1) is 4.47 Å². The van der Waals surface area contributed by atoms with Gasteiger partial charge in [-0.25, -0.2) is 4.98 Å². The Balaban J connectivity index is 2.26. The molecule has 5 heteroatoms. The summed E-state index contributed by atoms with van der Waals surface area (Å²) < 4.78 is 0.990. The highest BCUT2D eigenvalue weighted by atomic mass is 79.9. The number of nitrogens with zero attached hydrogens (tertiary/aromatic N) is 3. The SMILES string of the molecule is CCCC1CCCCN1c1nc(NC)ncc1Br. The van der Waals surface area contributed by atoms with E-state index in [1.807, 2.05) is 13.2 Å². The van der Waals surface area contributed by atoms with Crippen molar-refractivity contribution >= 4 is 27.7 Å². The molecule has 0 saturated carbocycles. The van der Waals surface area contributed by atoms with Gasteiger partial charge in [-0.15, -0.1) is 0 Å². The molecule has 1 saturated heterocycles. The Morgan fingerprint density at radius 2 is 2.33 bits per heavy atom. The first-order valence-corrected chi connectivity index (χ1v) is 7.52. The van der Waals surface area contributed by atoms with E-state index in [-0.39, 0.29) is 0 Å². The summed E-state index contributed by atoms with van der Waals surface area (Å²) in [6.07, 6.45) is 8.17. The van der Waals surface area contributed by atoms with Crippen LogP contribution in [0, 0.1) is 0 Å². The fourth-order valence-electron chi connectivity index (χ4n) is 2.59. The van der Waals surface area contributed by atoms with Gasteiger partial charge in [0.2, 0.25) is 5.95 Å². The molecule has 2 heterocycles. The van der Waals surface area contributed by atoms with Gasteiger partial charge >= 0.3 is 0 Å². The molecule has 0 aliphatic carbocycles. The summed E-state index contributed by atoms with van der Waals surface area (Å²) in [5, 5.41) is 3.01. The fraction of sp³-hybridized carbons (Fsp3) is 0.692. The van der Waals surface area contributed by atoms with Crippen LogP contribution in [0.1, 0.15) is 39.0 Å². The van der Waals surface area contributed by atoms with E-state index in [2.05, 4.69) is 43.0 Å². The van der Waals surface area contributed by atoms with E-state index >= 15 is 0 Å². The second-order valence-electron chi connectivity index (χ2n) is 4.75. The third-order valence-corrected chi connectivity index (χ3v) is 4.03. The minimum absolute atomic E-state index is 0.625. The minimum atomic E-state index is 0.625. The molecular formula is C13H21BrN4. The first-order valence-electron chi connectivity index (χ1n) is 6.73. The molecule has 4 nitrogen and oxygen atoms in total. The summed E-state index contributed by atoms with van der Waals surface area (Å²) in [6, 6.07) is 0.625. The molecular weight excluding hydrogens is 292 g/mol. The van der Waals surface area contributed by atoms with Crippen molar-refractivity contribution in [2.45, 2.75) is 45.1 Å². The van der Waals surface area contributed by atoms with Crippen molar-refractivity contribution in [1.82, 2.24) is 9.97 Å². The molecule has 0 amide bonds. The second kappa shape index (κ2) is 6.36. The van der Waals surface area contributed by atoms with Crippen LogP contribution in [0.2, 0.25) is 0 Å². The van der Waals surface area contributed by atoms with Gasteiger partial charge in [0.1, 0.15) is 5.82 Å². The first kappa shape index (κ1) is 13.6. The summed E-state index contributed by atoms with van der Waals surface area (Å²) in [7, 11) is 1.85. The maximum atomic E-state index is 4.60. The van der Waals surface area contributed by atoms with Gasteiger partial charge in [-0.3, -0.25) is 0 Å². The standard InChI is InChI=1S/C13H21BrN4/c1-3-6-10-7-4-5-8-18(10)12-11(14)9-16-13(15-2)17-12/h9-10H,3-8H2,1-2H3,(H,15,16,17). The van der Waals surface area contributed by atoms with Crippen LogP contribution in [0.4, 0.5) is 11.8 Å². The molecule has 1 fully saturated rings. The van der Waals surface area contributed by atoms with Gasteiger partial charge in [-0.2, -0.15) is 4.98 Å². The molecule has 2 rings (SSSR count). The number of rotatable bonds is 4. The largest absolute Gasteiger partial charge is 0.357 e. The van der Waals surface area contributed by atoms with Crippen molar-refractivity contribution in [2.24, 2.45) is 0 Å². The summed E-state index contributed by atoms with van der Waals surface area (Å²) >= 11 is 3.58. The van der Waals surface area contributed by atoms with Crippen LogP contribution >= 0.6 is 15.9 Å². The number of hydrogen-bond donors (Lipinski definition) is 1. The summed E-state index contributed by atoms with van der Waals surface area (Å²) in [5.74, 6) is 1.72. The monoisotopic (exact) mass is 312 g/mol. The van der Waals surface area contributed by atoms with E-state index in [0.29, 0.717) is 12.0 Å². The van der Waals surface area contributed by atoms with Crippen molar-refractivity contribution in [2.75, 3.05) is 23.8 Å². The molecule has 1 aliphatic heterocycles. The molecule has 1 aromatic heterocycles. The maximum absolute atomic E-state index is 4.60. The first-order chi connectivity index (χ1) is 8.76. The molecule has 0 bridgehead atoms. The lowest BCUT2D eigenvalue weighted by molar-refractivity contribution is 0.431. The Kier molecular flexibility index (Phi) is 4.80. The van der Waals surface area contributed by atoms with E-state index in [0.717, 1.165) is 16.8 Å². The minimum Gasteiger partial charge on any atom is -0.357 e. The van der Waals surface area contributed by atoms with E-state index in [1.165, 1.54) is 32.1 Å². The zero-order valence-corrected chi connectivity index (χ0v) is 12.7. The lowest BCUT2D eigenvalue weighted by Crippen LogP contribution is -2.40. The van der Waals surface area contributed by atoms with Gasteiger partial charge < -0.3 is 10.2 Å². The Morgan fingerprint density at radius 1 is 1.50 bits per heavy atom. The Labute approximate surface area is 117 Å². The van der Waals surface area contributed by atoms with E-state index < -0.39 is 0 Å². The molecule has 1 aromatic rings. The van der Waals surface area contributed by atoms with Gasteiger partial charge in [0.15, 0.2) is 0 Å². The molecule has 0 spiro atoms. The van der Waals surface area contributed by atoms with Crippen LogP contribution in [0.3, 0.4) is 0 Å². The van der Waals surface area contributed by atoms with Gasteiger partial charge in [0, 0.05) is 25.8 Å². The molecule has 1 aliphatic rings. The Hall–Kier alpha value is -0.840. The van der Waals surface area contributed by atoms with Crippen LogP contribution in [0.5, 0.6) is 0 Å². The number of nitrogens with one attached hydrogen (secondary N) is 1. The molecule has 100 valence electrons. The number of hydrogen-bond acceptors (Lipinski definition) is 4. The third-order valence-electron chi connectivity index (χ3n) is 3.47. The second-order valence-corrected chi connectivity index (χ2v) is 5.60. The normalized spacial score (nSPS) is 19.9. The predicted octanol–water partition coefficient (Wildman–Crippen LogP) is 3.44. The van der Waals surface area contributed by atoms with E-state index in [1.54, 1.807) is 0 Å². The topological polar surface area (TPSA) is 41.1 Å². The number of anilines is 2. The Bertz CT molecular complexity index is 395. The van der Waals surface area contributed by atoms with Crippen LogP contribution in [0.15, 0.2) is 10.7 Å². The molecule has 1 N–H and O–H groups in total. The van der Waals surface area contributed by atoms with Gasteiger partial charge in [0.25, 0.3) is 0 Å². The van der Waals surface area contributed by atoms with Crippen molar-refractivity contribution in [3.8, 4) is 0 Å². The van der Waals surface area contributed by atoms with Gasteiger partial charge in [-0.05, 0) is 41.6 Å². The average Bonchev–Trinajstić information content (AvgIpc) is 2.41.